The fourth-order valence-corrected chi connectivity index (χ4v) is 3.06. The van der Waals surface area contributed by atoms with Gasteiger partial charge in [0.05, 0.1) is 15.9 Å². The molecule has 0 bridgehead atoms. The summed E-state index contributed by atoms with van der Waals surface area (Å²) >= 11 is 3.67. The predicted octanol–water partition coefficient (Wildman–Crippen LogP) is 1.80. The SMILES string of the molecule is CNCc1nn(C)c(C2CCOCC2)c1Br. The van der Waals surface area contributed by atoms with Crippen molar-refractivity contribution in [3.05, 3.63) is 15.9 Å². The third kappa shape index (κ3) is 2.31. The molecule has 0 atom stereocenters. The number of ether oxygens (including phenoxy) is 1. The van der Waals surface area contributed by atoms with Crippen molar-refractivity contribution in [2.24, 2.45) is 7.05 Å². The van der Waals surface area contributed by atoms with Crippen LogP contribution in [0, 0.1) is 0 Å². The smallest absolute Gasteiger partial charge is 0.0907 e. The molecule has 0 saturated carbocycles. The van der Waals surface area contributed by atoms with E-state index >= 15 is 0 Å². The summed E-state index contributed by atoms with van der Waals surface area (Å²) in [6.07, 6.45) is 2.19. The Morgan fingerprint density at radius 3 is 2.81 bits per heavy atom. The molecule has 90 valence electrons. The summed E-state index contributed by atoms with van der Waals surface area (Å²) in [4.78, 5) is 0. The van der Waals surface area contributed by atoms with Crippen molar-refractivity contribution in [3.63, 3.8) is 0 Å². The molecule has 4 nitrogen and oxygen atoms in total. The highest BCUT2D eigenvalue weighted by molar-refractivity contribution is 9.10. The van der Waals surface area contributed by atoms with Crippen molar-refractivity contribution >= 4 is 15.9 Å². The second kappa shape index (κ2) is 5.29. The molecule has 1 saturated heterocycles. The second-order valence-electron chi connectivity index (χ2n) is 4.19. The van der Waals surface area contributed by atoms with E-state index in [1.165, 1.54) is 5.69 Å². The lowest BCUT2D eigenvalue weighted by Crippen LogP contribution is -2.17. The Morgan fingerprint density at radius 1 is 1.50 bits per heavy atom. The summed E-state index contributed by atoms with van der Waals surface area (Å²) < 4.78 is 8.57. The average molecular weight is 288 g/mol. The van der Waals surface area contributed by atoms with Gasteiger partial charge < -0.3 is 10.1 Å². The lowest BCUT2D eigenvalue weighted by molar-refractivity contribution is 0.0836. The van der Waals surface area contributed by atoms with Gasteiger partial charge in [-0.1, -0.05) is 0 Å². The van der Waals surface area contributed by atoms with E-state index in [0.29, 0.717) is 5.92 Å². The normalized spacial score (nSPS) is 17.9. The molecule has 1 fully saturated rings. The van der Waals surface area contributed by atoms with Crippen LogP contribution < -0.4 is 5.32 Å². The second-order valence-corrected chi connectivity index (χ2v) is 4.98. The fourth-order valence-electron chi connectivity index (χ4n) is 2.26. The van der Waals surface area contributed by atoms with E-state index in [1.54, 1.807) is 0 Å². The van der Waals surface area contributed by atoms with E-state index in [2.05, 4.69) is 26.3 Å². The summed E-state index contributed by atoms with van der Waals surface area (Å²) in [6.45, 7) is 2.53. The van der Waals surface area contributed by atoms with Gasteiger partial charge in [0.1, 0.15) is 0 Å². The number of aromatic nitrogens is 2. The maximum atomic E-state index is 5.40. The fraction of sp³-hybridized carbons (Fsp3) is 0.727. The Hall–Kier alpha value is -0.390. The van der Waals surface area contributed by atoms with Gasteiger partial charge in [-0.15, -0.1) is 0 Å². The first kappa shape index (κ1) is 12.1. The molecule has 0 spiro atoms. The molecule has 0 aromatic carbocycles. The van der Waals surface area contributed by atoms with Crippen LogP contribution in [0.2, 0.25) is 0 Å². The molecule has 1 aromatic rings. The Kier molecular flexibility index (Phi) is 4.00. The van der Waals surface area contributed by atoms with Gasteiger partial charge in [0.15, 0.2) is 0 Å². The summed E-state index contributed by atoms with van der Waals surface area (Å²) in [5, 5.41) is 7.68. The summed E-state index contributed by atoms with van der Waals surface area (Å²) in [5.74, 6) is 0.575. The largest absolute Gasteiger partial charge is 0.381 e. The monoisotopic (exact) mass is 287 g/mol. The number of nitrogens with zero attached hydrogens (tertiary/aromatic N) is 2. The van der Waals surface area contributed by atoms with Crippen LogP contribution in [-0.2, 0) is 18.3 Å². The van der Waals surface area contributed by atoms with Crippen LogP contribution in [-0.4, -0.2) is 30.0 Å². The molecule has 0 unspecified atom stereocenters. The lowest BCUT2D eigenvalue weighted by atomic mass is 9.96. The van der Waals surface area contributed by atoms with Gasteiger partial charge in [0.2, 0.25) is 0 Å². The van der Waals surface area contributed by atoms with E-state index in [9.17, 15) is 0 Å². The molecule has 1 aliphatic rings. The highest BCUT2D eigenvalue weighted by Gasteiger charge is 2.23. The lowest BCUT2D eigenvalue weighted by Gasteiger charge is -2.22. The minimum absolute atomic E-state index is 0.575. The van der Waals surface area contributed by atoms with Gasteiger partial charge in [-0.3, -0.25) is 4.68 Å². The van der Waals surface area contributed by atoms with Crippen molar-refractivity contribution in [3.8, 4) is 0 Å². The van der Waals surface area contributed by atoms with Crippen LogP contribution in [0.25, 0.3) is 0 Å². The highest BCUT2D eigenvalue weighted by Crippen LogP contribution is 2.33. The van der Waals surface area contributed by atoms with Gasteiger partial charge in [-0.05, 0) is 35.8 Å². The summed E-state index contributed by atoms with van der Waals surface area (Å²) in [6, 6.07) is 0. The Morgan fingerprint density at radius 2 is 2.19 bits per heavy atom. The summed E-state index contributed by atoms with van der Waals surface area (Å²) in [5.41, 5.74) is 2.40. The van der Waals surface area contributed by atoms with Crippen molar-refractivity contribution < 1.29 is 4.74 Å². The molecule has 16 heavy (non-hydrogen) atoms. The first-order chi connectivity index (χ1) is 7.74. The van der Waals surface area contributed by atoms with E-state index in [1.807, 2.05) is 18.8 Å². The number of hydrogen-bond acceptors (Lipinski definition) is 3. The minimum atomic E-state index is 0.575. The van der Waals surface area contributed by atoms with Crippen molar-refractivity contribution in [1.29, 1.82) is 0 Å². The van der Waals surface area contributed by atoms with Crippen LogP contribution in [0.5, 0.6) is 0 Å². The van der Waals surface area contributed by atoms with Crippen molar-refractivity contribution in [2.45, 2.75) is 25.3 Å². The molecule has 0 radical (unpaired) electrons. The molecule has 1 aliphatic heterocycles. The quantitative estimate of drug-likeness (QED) is 0.921. The standard InChI is InChI=1S/C11H18BrN3O/c1-13-7-9-10(12)11(15(2)14-9)8-3-5-16-6-4-8/h8,13H,3-7H2,1-2H3. The molecule has 1 aromatic heterocycles. The molecule has 0 aliphatic carbocycles. The third-order valence-corrected chi connectivity index (χ3v) is 3.91. The maximum Gasteiger partial charge on any atom is 0.0907 e. The summed E-state index contributed by atoms with van der Waals surface area (Å²) in [7, 11) is 3.96. The molecular formula is C11H18BrN3O. The maximum absolute atomic E-state index is 5.40. The molecule has 2 rings (SSSR count). The zero-order valence-electron chi connectivity index (χ0n) is 9.79. The first-order valence-electron chi connectivity index (χ1n) is 5.67. The highest BCUT2D eigenvalue weighted by atomic mass is 79.9. The number of nitrogens with one attached hydrogen (secondary N) is 1. The van der Waals surface area contributed by atoms with Crippen LogP contribution in [0.3, 0.4) is 0 Å². The van der Waals surface area contributed by atoms with E-state index in [0.717, 1.165) is 42.8 Å². The van der Waals surface area contributed by atoms with Gasteiger partial charge in [0.25, 0.3) is 0 Å². The molecule has 2 heterocycles. The average Bonchev–Trinajstić information content (AvgIpc) is 2.56. The molecule has 0 amide bonds. The van der Waals surface area contributed by atoms with Gasteiger partial charge in [-0.2, -0.15) is 5.10 Å². The van der Waals surface area contributed by atoms with E-state index in [-0.39, 0.29) is 0 Å². The van der Waals surface area contributed by atoms with Crippen molar-refractivity contribution in [2.75, 3.05) is 20.3 Å². The number of hydrogen-bond donors (Lipinski definition) is 1. The van der Waals surface area contributed by atoms with E-state index in [4.69, 9.17) is 4.74 Å². The number of aryl methyl sites for hydroxylation is 1. The van der Waals surface area contributed by atoms with Gasteiger partial charge in [-0.25, -0.2) is 0 Å². The van der Waals surface area contributed by atoms with Crippen molar-refractivity contribution in [1.82, 2.24) is 15.1 Å². The zero-order valence-corrected chi connectivity index (χ0v) is 11.4. The number of halogens is 1. The van der Waals surface area contributed by atoms with Crippen LogP contribution in [0.1, 0.15) is 30.1 Å². The Labute approximate surface area is 104 Å². The molecular weight excluding hydrogens is 270 g/mol. The van der Waals surface area contributed by atoms with Gasteiger partial charge >= 0.3 is 0 Å². The minimum Gasteiger partial charge on any atom is -0.381 e. The van der Waals surface area contributed by atoms with E-state index < -0.39 is 0 Å². The van der Waals surface area contributed by atoms with Gasteiger partial charge in [0, 0.05) is 32.7 Å². The van der Waals surface area contributed by atoms with Crippen LogP contribution in [0.4, 0.5) is 0 Å². The predicted molar refractivity (Wildman–Crippen MR) is 66.5 cm³/mol. The number of rotatable bonds is 3. The topological polar surface area (TPSA) is 39.1 Å². The third-order valence-electron chi connectivity index (χ3n) is 3.05. The first-order valence-corrected chi connectivity index (χ1v) is 6.47. The Bertz CT molecular complexity index is 358. The Balaban J connectivity index is 2.24. The molecule has 5 heteroatoms. The molecule has 1 N–H and O–H groups in total. The zero-order chi connectivity index (χ0) is 11.5. The van der Waals surface area contributed by atoms with Crippen LogP contribution >= 0.6 is 15.9 Å². The van der Waals surface area contributed by atoms with Crippen LogP contribution in [0.15, 0.2) is 4.47 Å².